The smallest absolute Gasteiger partial charge is 0.251 e. The molecule has 0 spiro atoms. The summed E-state index contributed by atoms with van der Waals surface area (Å²) in [5, 5.41) is 2.94. The van der Waals surface area contributed by atoms with Gasteiger partial charge in [0.05, 0.1) is 6.10 Å². The minimum atomic E-state index is -0.0468. The van der Waals surface area contributed by atoms with Gasteiger partial charge in [0.2, 0.25) is 0 Å². The van der Waals surface area contributed by atoms with Gasteiger partial charge >= 0.3 is 0 Å². The van der Waals surface area contributed by atoms with E-state index in [0.29, 0.717) is 12.1 Å². The molecule has 0 radical (unpaired) electrons. The summed E-state index contributed by atoms with van der Waals surface area (Å²) < 4.78 is 7.49. The molecule has 1 aliphatic rings. The third-order valence-electron chi connectivity index (χ3n) is 3.53. The van der Waals surface area contributed by atoms with Crippen LogP contribution in [0.5, 0.6) is 0 Å². The van der Waals surface area contributed by atoms with E-state index in [1.54, 1.807) is 0 Å². The van der Waals surface area contributed by atoms with E-state index < -0.39 is 0 Å². The van der Waals surface area contributed by atoms with Crippen molar-refractivity contribution in [3.05, 3.63) is 54.4 Å². The predicted octanol–water partition coefficient (Wildman–Crippen LogP) is 2.39. The van der Waals surface area contributed by atoms with Crippen LogP contribution < -0.4 is 5.32 Å². The Morgan fingerprint density at radius 3 is 2.90 bits per heavy atom. The number of aromatic nitrogens is 1. The van der Waals surface area contributed by atoms with Gasteiger partial charge in [0.15, 0.2) is 0 Å². The van der Waals surface area contributed by atoms with Crippen molar-refractivity contribution in [3.8, 4) is 5.69 Å². The van der Waals surface area contributed by atoms with Crippen LogP contribution in [0.3, 0.4) is 0 Å². The number of hydrogen-bond acceptors (Lipinski definition) is 2. The molecule has 20 heavy (non-hydrogen) atoms. The highest BCUT2D eigenvalue weighted by Crippen LogP contribution is 2.13. The first kappa shape index (κ1) is 12.9. The van der Waals surface area contributed by atoms with Gasteiger partial charge in [-0.1, -0.05) is 6.07 Å². The molecule has 4 nitrogen and oxygen atoms in total. The maximum atomic E-state index is 12.1. The van der Waals surface area contributed by atoms with E-state index in [-0.39, 0.29) is 12.0 Å². The molecule has 2 heterocycles. The number of ether oxygens (including phenoxy) is 1. The molecule has 3 rings (SSSR count). The van der Waals surface area contributed by atoms with Crippen molar-refractivity contribution in [2.45, 2.75) is 18.9 Å². The molecular formula is C16H18N2O2. The second kappa shape index (κ2) is 5.92. The number of nitrogens with zero attached hydrogens (tertiary/aromatic N) is 1. The average Bonchev–Trinajstić information content (AvgIpc) is 3.18. The Labute approximate surface area is 118 Å². The predicted molar refractivity (Wildman–Crippen MR) is 77.1 cm³/mol. The summed E-state index contributed by atoms with van der Waals surface area (Å²) in [6, 6.07) is 11.5. The summed E-state index contributed by atoms with van der Waals surface area (Å²) in [6.45, 7) is 1.40. The molecule has 0 bridgehead atoms. The second-order valence-corrected chi connectivity index (χ2v) is 4.99. The average molecular weight is 270 g/mol. The summed E-state index contributed by atoms with van der Waals surface area (Å²) in [5.74, 6) is -0.0468. The van der Waals surface area contributed by atoms with Crippen molar-refractivity contribution < 1.29 is 9.53 Å². The van der Waals surface area contributed by atoms with E-state index in [2.05, 4.69) is 5.32 Å². The topological polar surface area (TPSA) is 43.3 Å². The zero-order chi connectivity index (χ0) is 13.8. The van der Waals surface area contributed by atoms with E-state index in [1.807, 2.05) is 53.4 Å². The minimum absolute atomic E-state index is 0.0468. The Kier molecular flexibility index (Phi) is 3.83. The summed E-state index contributed by atoms with van der Waals surface area (Å²) in [4.78, 5) is 12.1. The Morgan fingerprint density at radius 1 is 1.30 bits per heavy atom. The molecule has 1 aromatic heterocycles. The molecule has 1 aromatic carbocycles. The van der Waals surface area contributed by atoms with Crippen molar-refractivity contribution in [2.24, 2.45) is 0 Å². The lowest BCUT2D eigenvalue weighted by Crippen LogP contribution is -2.31. The van der Waals surface area contributed by atoms with Crippen LogP contribution in [0, 0.1) is 0 Å². The van der Waals surface area contributed by atoms with E-state index in [1.165, 1.54) is 0 Å². The van der Waals surface area contributed by atoms with Crippen molar-refractivity contribution in [1.29, 1.82) is 0 Å². The summed E-state index contributed by atoms with van der Waals surface area (Å²) in [6.07, 6.45) is 6.21. The fourth-order valence-electron chi connectivity index (χ4n) is 2.43. The van der Waals surface area contributed by atoms with Crippen LogP contribution in [0.15, 0.2) is 48.8 Å². The number of rotatable bonds is 4. The Bertz CT molecular complexity index is 572. The fraction of sp³-hybridized carbons (Fsp3) is 0.312. The van der Waals surface area contributed by atoms with Crippen molar-refractivity contribution in [3.63, 3.8) is 0 Å². The maximum absolute atomic E-state index is 12.1. The second-order valence-electron chi connectivity index (χ2n) is 4.99. The van der Waals surface area contributed by atoms with Crippen LogP contribution in [-0.4, -0.2) is 29.7 Å². The molecule has 2 aromatic rings. The van der Waals surface area contributed by atoms with Gasteiger partial charge in [0.1, 0.15) is 0 Å². The van der Waals surface area contributed by atoms with Crippen LogP contribution in [0.4, 0.5) is 0 Å². The highest BCUT2D eigenvalue weighted by molar-refractivity contribution is 5.94. The summed E-state index contributed by atoms with van der Waals surface area (Å²) >= 11 is 0. The molecule has 1 saturated heterocycles. The van der Waals surface area contributed by atoms with Gasteiger partial charge in [-0.2, -0.15) is 0 Å². The summed E-state index contributed by atoms with van der Waals surface area (Å²) in [7, 11) is 0. The molecule has 1 amide bonds. The van der Waals surface area contributed by atoms with E-state index in [0.717, 1.165) is 25.1 Å². The zero-order valence-electron chi connectivity index (χ0n) is 11.3. The number of nitrogens with one attached hydrogen (secondary N) is 1. The molecule has 1 fully saturated rings. The first-order chi connectivity index (χ1) is 9.83. The van der Waals surface area contributed by atoms with Gasteiger partial charge in [-0.05, 0) is 43.2 Å². The third-order valence-corrected chi connectivity index (χ3v) is 3.53. The van der Waals surface area contributed by atoms with E-state index >= 15 is 0 Å². The van der Waals surface area contributed by atoms with Gasteiger partial charge in [-0.25, -0.2) is 0 Å². The van der Waals surface area contributed by atoms with Crippen molar-refractivity contribution in [1.82, 2.24) is 9.88 Å². The standard InChI is InChI=1S/C16H18N2O2/c19-16(17-12-15-7-4-10-20-15)13-5-3-6-14(11-13)18-8-1-2-9-18/h1-3,5-6,8-9,11,15H,4,7,10,12H2,(H,17,19). The van der Waals surface area contributed by atoms with Crippen molar-refractivity contribution >= 4 is 5.91 Å². The number of carbonyl (C=O) groups is 1. The summed E-state index contributed by atoms with van der Waals surface area (Å²) in [5.41, 5.74) is 1.66. The normalized spacial score (nSPS) is 18.1. The Balaban J connectivity index is 1.66. The molecule has 1 unspecified atom stereocenters. The van der Waals surface area contributed by atoms with Crippen LogP contribution >= 0.6 is 0 Å². The molecule has 1 aliphatic heterocycles. The highest BCUT2D eigenvalue weighted by Gasteiger charge is 2.16. The molecule has 1 atom stereocenters. The molecule has 1 N–H and O–H groups in total. The quantitative estimate of drug-likeness (QED) is 0.927. The number of benzene rings is 1. The lowest BCUT2D eigenvalue weighted by molar-refractivity contribution is 0.0858. The van der Waals surface area contributed by atoms with Gasteiger partial charge in [0, 0.05) is 36.8 Å². The number of hydrogen-bond donors (Lipinski definition) is 1. The third kappa shape index (κ3) is 2.91. The molecule has 104 valence electrons. The largest absolute Gasteiger partial charge is 0.376 e. The maximum Gasteiger partial charge on any atom is 0.251 e. The highest BCUT2D eigenvalue weighted by atomic mass is 16.5. The van der Waals surface area contributed by atoms with E-state index in [9.17, 15) is 4.79 Å². The SMILES string of the molecule is O=C(NCC1CCCO1)c1cccc(-n2cccc2)c1. The lowest BCUT2D eigenvalue weighted by Gasteiger charge is -2.11. The molecule has 0 saturated carbocycles. The zero-order valence-corrected chi connectivity index (χ0v) is 11.3. The monoisotopic (exact) mass is 270 g/mol. The Morgan fingerprint density at radius 2 is 2.15 bits per heavy atom. The number of carbonyl (C=O) groups excluding carboxylic acids is 1. The lowest BCUT2D eigenvalue weighted by atomic mass is 10.1. The van der Waals surface area contributed by atoms with Gasteiger partial charge in [0.25, 0.3) is 5.91 Å². The van der Waals surface area contributed by atoms with Crippen LogP contribution in [0.1, 0.15) is 23.2 Å². The minimum Gasteiger partial charge on any atom is -0.376 e. The number of amides is 1. The van der Waals surface area contributed by atoms with Crippen LogP contribution in [-0.2, 0) is 4.74 Å². The Hall–Kier alpha value is -2.07. The van der Waals surface area contributed by atoms with E-state index in [4.69, 9.17) is 4.74 Å². The van der Waals surface area contributed by atoms with Crippen LogP contribution in [0.2, 0.25) is 0 Å². The van der Waals surface area contributed by atoms with Crippen LogP contribution in [0.25, 0.3) is 5.69 Å². The molecular weight excluding hydrogens is 252 g/mol. The van der Waals surface area contributed by atoms with Gasteiger partial charge in [-0.3, -0.25) is 4.79 Å². The first-order valence-corrected chi connectivity index (χ1v) is 6.96. The van der Waals surface area contributed by atoms with Gasteiger partial charge < -0.3 is 14.6 Å². The van der Waals surface area contributed by atoms with Crippen molar-refractivity contribution in [2.75, 3.05) is 13.2 Å². The fourth-order valence-corrected chi connectivity index (χ4v) is 2.43. The first-order valence-electron chi connectivity index (χ1n) is 6.96. The molecule has 4 heteroatoms. The molecule has 0 aliphatic carbocycles. The van der Waals surface area contributed by atoms with Gasteiger partial charge in [-0.15, -0.1) is 0 Å².